The number of likely N-dealkylation sites (tertiary alicyclic amines) is 1. The van der Waals surface area contributed by atoms with Crippen molar-refractivity contribution < 1.29 is 28.9 Å². The van der Waals surface area contributed by atoms with Crippen LogP contribution in [0.3, 0.4) is 0 Å². The number of carbonyl (C=O) groups excluding carboxylic acids is 2. The van der Waals surface area contributed by atoms with Gasteiger partial charge in [-0.1, -0.05) is 30.3 Å². The smallest absolute Gasteiger partial charge is 0.295 e. The molecule has 168 valence electrons. The van der Waals surface area contributed by atoms with Gasteiger partial charge in [-0.3, -0.25) is 9.59 Å². The maximum atomic E-state index is 13.0. The Balaban J connectivity index is 1.72. The van der Waals surface area contributed by atoms with Crippen LogP contribution in [0, 0.1) is 0 Å². The van der Waals surface area contributed by atoms with Crippen LogP contribution in [0.15, 0.2) is 54.1 Å². The van der Waals surface area contributed by atoms with Crippen molar-refractivity contribution in [2.75, 3.05) is 26.4 Å². The minimum atomic E-state index is -0.698. The molecule has 2 heterocycles. The minimum absolute atomic E-state index is 0.0719. The maximum Gasteiger partial charge on any atom is 0.295 e. The van der Waals surface area contributed by atoms with Crippen molar-refractivity contribution in [2.24, 2.45) is 0 Å². The third kappa shape index (κ3) is 4.34. The third-order valence-electron chi connectivity index (χ3n) is 5.47. The van der Waals surface area contributed by atoms with Crippen LogP contribution in [-0.2, 0) is 14.3 Å². The molecule has 1 saturated heterocycles. The first-order valence-electron chi connectivity index (χ1n) is 10.8. The van der Waals surface area contributed by atoms with Gasteiger partial charge >= 0.3 is 0 Å². The van der Waals surface area contributed by atoms with Crippen molar-refractivity contribution >= 4 is 17.4 Å². The predicted octanol–water partition coefficient (Wildman–Crippen LogP) is 3.69. The lowest BCUT2D eigenvalue weighted by Crippen LogP contribution is -2.31. The van der Waals surface area contributed by atoms with Crippen molar-refractivity contribution in [1.82, 2.24) is 4.90 Å². The Bertz CT molecular complexity index is 1030. The first-order chi connectivity index (χ1) is 15.5. The number of ketones is 1. The molecule has 2 aliphatic rings. The zero-order valence-corrected chi connectivity index (χ0v) is 18.2. The topological polar surface area (TPSA) is 85.3 Å². The Morgan fingerprint density at radius 3 is 2.53 bits per heavy atom. The van der Waals surface area contributed by atoms with Crippen molar-refractivity contribution in [3.63, 3.8) is 0 Å². The molecule has 0 aromatic heterocycles. The van der Waals surface area contributed by atoms with Crippen LogP contribution in [0.1, 0.15) is 37.4 Å². The summed E-state index contributed by atoms with van der Waals surface area (Å²) >= 11 is 0. The monoisotopic (exact) mass is 437 g/mol. The SMILES string of the molecule is CC(C)OCCCN1C(=O)C(=O)/C(=C(\O)c2ccc3c(c2)OCCO3)C1c1ccccc1. The summed E-state index contributed by atoms with van der Waals surface area (Å²) < 4.78 is 16.7. The summed E-state index contributed by atoms with van der Waals surface area (Å²) in [4.78, 5) is 27.5. The Kier molecular flexibility index (Phi) is 6.46. The number of carbonyl (C=O) groups is 2. The quantitative estimate of drug-likeness (QED) is 0.308. The number of aliphatic hydroxyl groups excluding tert-OH is 1. The molecular weight excluding hydrogens is 410 g/mol. The standard InChI is InChI=1S/C25H27NO6/c1-16(2)30-12-6-11-26-22(17-7-4-3-5-8-17)21(24(28)25(26)29)23(27)18-9-10-19-20(15-18)32-14-13-31-19/h3-5,7-10,15-16,22,27H,6,11-14H2,1-2H3/b23-21-. The summed E-state index contributed by atoms with van der Waals surface area (Å²) in [6, 6.07) is 13.6. The fourth-order valence-electron chi connectivity index (χ4n) is 3.99. The number of amides is 1. The molecular formula is C25H27NO6. The Morgan fingerprint density at radius 1 is 1.09 bits per heavy atom. The van der Waals surface area contributed by atoms with Gasteiger partial charge in [-0.15, -0.1) is 0 Å². The van der Waals surface area contributed by atoms with Gasteiger partial charge in [-0.2, -0.15) is 0 Å². The van der Waals surface area contributed by atoms with Gasteiger partial charge in [0.25, 0.3) is 11.7 Å². The van der Waals surface area contributed by atoms with Crippen LogP contribution in [0.25, 0.3) is 5.76 Å². The summed E-state index contributed by atoms with van der Waals surface area (Å²) in [5, 5.41) is 11.2. The van der Waals surface area contributed by atoms with Gasteiger partial charge in [0.1, 0.15) is 19.0 Å². The minimum Gasteiger partial charge on any atom is -0.507 e. The number of hydrogen-bond donors (Lipinski definition) is 1. The molecule has 0 spiro atoms. The second kappa shape index (κ2) is 9.44. The number of rotatable bonds is 7. The van der Waals surface area contributed by atoms with E-state index in [4.69, 9.17) is 14.2 Å². The second-order valence-corrected chi connectivity index (χ2v) is 8.03. The average Bonchev–Trinajstić information content (AvgIpc) is 3.06. The molecule has 2 aliphatic heterocycles. The first kappa shape index (κ1) is 21.9. The molecule has 32 heavy (non-hydrogen) atoms. The fraction of sp³-hybridized carbons (Fsp3) is 0.360. The Hall–Kier alpha value is -3.32. The Labute approximate surface area is 187 Å². The van der Waals surface area contributed by atoms with E-state index < -0.39 is 17.7 Å². The molecule has 1 N–H and O–H groups in total. The van der Waals surface area contributed by atoms with Gasteiger partial charge in [-0.05, 0) is 44.0 Å². The summed E-state index contributed by atoms with van der Waals surface area (Å²) in [5.74, 6) is -0.469. The molecule has 7 heteroatoms. The van der Waals surface area contributed by atoms with Crippen LogP contribution < -0.4 is 9.47 Å². The molecule has 2 aromatic carbocycles. The number of fused-ring (bicyclic) bond motifs is 1. The highest BCUT2D eigenvalue weighted by molar-refractivity contribution is 6.46. The maximum absolute atomic E-state index is 13.0. The lowest BCUT2D eigenvalue weighted by Gasteiger charge is -2.25. The van der Waals surface area contributed by atoms with E-state index in [1.165, 1.54) is 4.90 Å². The molecule has 1 amide bonds. The van der Waals surface area contributed by atoms with E-state index in [1.54, 1.807) is 18.2 Å². The zero-order chi connectivity index (χ0) is 22.7. The number of Topliss-reactive ketones (excluding diaryl/α,β-unsaturated/α-hetero) is 1. The zero-order valence-electron chi connectivity index (χ0n) is 18.2. The number of hydrogen-bond acceptors (Lipinski definition) is 6. The van der Waals surface area contributed by atoms with Crippen LogP contribution in [-0.4, -0.2) is 54.2 Å². The molecule has 2 aromatic rings. The van der Waals surface area contributed by atoms with Crippen LogP contribution in [0.2, 0.25) is 0 Å². The molecule has 4 rings (SSSR count). The highest BCUT2D eigenvalue weighted by atomic mass is 16.6. The average molecular weight is 437 g/mol. The van der Waals surface area contributed by atoms with Gasteiger partial charge in [0.2, 0.25) is 0 Å². The predicted molar refractivity (Wildman–Crippen MR) is 119 cm³/mol. The molecule has 0 saturated carbocycles. The van der Waals surface area contributed by atoms with E-state index in [-0.39, 0.29) is 17.4 Å². The molecule has 1 fully saturated rings. The second-order valence-electron chi connectivity index (χ2n) is 8.03. The van der Waals surface area contributed by atoms with Gasteiger partial charge in [-0.25, -0.2) is 0 Å². The van der Waals surface area contributed by atoms with Crippen LogP contribution in [0.4, 0.5) is 0 Å². The van der Waals surface area contributed by atoms with Gasteiger partial charge in [0.15, 0.2) is 11.5 Å². The summed E-state index contributed by atoms with van der Waals surface area (Å²) in [6.45, 7) is 5.58. The van der Waals surface area contributed by atoms with Crippen molar-refractivity contribution in [3.8, 4) is 11.5 Å². The van der Waals surface area contributed by atoms with E-state index in [0.29, 0.717) is 49.8 Å². The first-order valence-corrected chi connectivity index (χ1v) is 10.8. The number of ether oxygens (including phenoxy) is 3. The normalized spacial score (nSPS) is 19.6. The molecule has 0 bridgehead atoms. The van der Waals surface area contributed by atoms with E-state index in [0.717, 1.165) is 5.56 Å². The number of benzene rings is 2. The summed E-state index contributed by atoms with van der Waals surface area (Å²) in [5.41, 5.74) is 1.23. The van der Waals surface area contributed by atoms with Crippen LogP contribution >= 0.6 is 0 Å². The van der Waals surface area contributed by atoms with Gasteiger partial charge in [0, 0.05) is 18.7 Å². The third-order valence-corrected chi connectivity index (χ3v) is 5.47. The molecule has 0 radical (unpaired) electrons. The lowest BCUT2D eigenvalue weighted by molar-refractivity contribution is -0.140. The summed E-state index contributed by atoms with van der Waals surface area (Å²) in [6.07, 6.45) is 0.670. The van der Waals surface area contributed by atoms with Gasteiger partial charge in [0.05, 0.1) is 17.7 Å². The number of nitrogens with zero attached hydrogens (tertiary/aromatic N) is 1. The molecule has 0 aliphatic carbocycles. The number of aliphatic hydroxyl groups is 1. The molecule has 1 atom stereocenters. The van der Waals surface area contributed by atoms with Crippen molar-refractivity contribution in [1.29, 1.82) is 0 Å². The molecule has 1 unspecified atom stereocenters. The Morgan fingerprint density at radius 2 is 1.81 bits per heavy atom. The van der Waals surface area contributed by atoms with Crippen molar-refractivity contribution in [2.45, 2.75) is 32.4 Å². The highest BCUT2D eigenvalue weighted by Crippen LogP contribution is 2.41. The van der Waals surface area contributed by atoms with E-state index in [1.807, 2.05) is 44.2 Å². The largest absolute Gasteiger partial charge is 0.507 e. The van der Waals surface area contributed by atoms with E-state index >= 15 is 0 Å². The fourth-order valence-corrected chi connectivity index (χ4v) is 3.99. The van der Waals surface area contributed by atoms with E-state index in [2.05, 4.69) is 0 Å². The molecule has 7 nitrogen and oxygen atoms in total. The van der Waals surface area contributed by atoms with Crippen molar-refractivity contribution in [3.05, 3.63) is 65.2 Å². The lowest BCUT2D eigenvalue weighted by atomic mass is 9.95. The van der Waals surface area contributed by atoms with Crippen LogP contribution in [0.5, 0.6) is 11.5 Å². The van der Waals surface area contributed by atoms with Gasteiger partial charge < -0.3 is 24.2 Å². The van der Waals surface area contributed by atoms with E-state index in [9.17, 15) is 14.7 Å². The summed E-state index contributed by atoms with van der Waals surface area (Å²) in [7, 11) is 0. The highest BCUT2D eigenvalue weighted by Gasteiger charge is 2.45.